The highest BCUT2D eigenvalue weighted by Crippen LogP contribution is 2.39. The lowest BCUT2D eigenvalue weighted by Gasteiger charge is -2.09. The van der Waals surface area contributed by atoms with Gasteiger partial charge in [0.05, 0.1) is 25.4 Å². The first-order valence-electron chi connectivity index (χ1n) is 13.6. The number of benzene rings is 3. The van der Waals surface area contributed by atoms with Crippen LogP contribution in [-0.4, -0.2) is 38.5 Å². The van der Waals surface area contributed by atoms with Crippen molar-refractivity contribution >= 4 is 5.97 Å². The van der Waals surface area contributed by atoms with Crippen molar-refractivity contribution in [2.75, 3.05) is 26.4 Å². The van der Waals surface area contributed by atoms with Crippen molar-refractivity contribution < 1.29 is 23.7 Å². The molecule has 3 aromatic carbocycles. The summed E-state index contributed by atoms with van der Waals surface area (Å²) in [5, 5.41) is 0. The number of unbranched alkanes of at least 4 members (excludes halogenated alkanes) is 3. The highest BCUT2D eigenvalue weighted by Gasteiger charge is 2.22. The van der Waals surface area contributed by atoms with Gasteiger partial charge in [-0.25, -0.2) is 4.79 Å². The normalized spacial score (nSPS) is 15.2. The molecular formula is C32H36O5. The predicted molar refractivity (Wildman–Crippen MR) is 145 cm³/mol. The monoisotopic (exact) mass is 500 g/mol. The Hall–Kier alpha value is -3.15. The molecule has 1 unspecified atom stereocenters. The van der Waals surface area contributed by atoms with Crippen molar-refractivity contribution in [1.82, 2.24) is 0 Å². The molecule has 0 bridgehead atoms. The van der Waals surface area contributed by atoms with E-state index in [0.717, 1.165) is 44.6 Å². The lowest BCUT2D eigenvalue weighted by molar-refractivity contribution is 0.0734. The van der Waals surface area contributed by atoms with Crippen molar-refractivity contribution in [2.24, 2.45) is 0 Å². The number of ether oxygens (including phenoxy) is 4. The molecule has 0 radical (unpaired) electrons. The van der Waals surface area contributed by atoms with E-state index in [-0.39, 0.29) is 5.97 Å². The predicted octanol–water partition coefficient (Wildman–Crippen LogP) is 6.78. The van der Waals surface area contributed by atoms with E-state index in [1.54, 1.807) is 12.1 Å². The zero-order valence-electron chi connectivity index (χ0n) is 21.7. The SMILES string of the molecule is CCCCCc1ccc2c(c1)Cc1cc(OC(=O)c3ccc(OCCCCOCC4CO4)cc3)ccc1-2. The summed E-state index contributed by atoms with van der Waals surface area (Å²) in [6, 6.07) is 19.9. The molecule has 5 heteroatoms. The van der Waals surface area contributed by atoms with Gasteiger partial charge in [0.15, 0.2) is 0 Å². The number of aryl methyl sites for hydroxylation is 1. The molecule has 1 saturated heterocycles. The van der Waals surface area contributed by atoms with Crippen LogP contribution in [0.4, 0.5) is 0 Å². The third kappa shape index (κ3) is 7.00. The van der Waals surface area contributed by atoms with Gasteiger partial charge in [-0.05, 0) is 96.3 Å². The number of fused-ring (bicyclic) bond motifs is 3. The van der Waals surface area contributed by atoms with Gasteiger partial charge in [-0.15, -0.1) is 0 Å². The molecule has 1 aliphatic heterocycles. The summed E-state index contributed by atoms with van der Waals surface area (Å²) < 4.78 is 22.1. The van der Waals surface area contributed by atoms with Crippen LogP contribution in [0.3, 0.4) is 0 Å². The molecule has 3 aromatic rings. The van der Waals surface area contributed by atoms with Crippen LogP contribution in [0.2, 0.25) is 0 Å². The average Bonchev–Trinajstić information content (AvgIpc) is 3.67. The van der Waals surface area contributed by atoms with Crippen LogP contribution in [0.15, 0.2) is 60.7 Å². The molecule has 1 heterocycles. The van der Waals surface area contributed by atoms with Crippen LogP contribution < -0.4 is 9.47 Å². The first kappa shape index (κ1) is 25.5. The highest BCUT2D eigenvalue weighted by molar-refractivity contribution is 5.91. The Bertz CT molecular complexity index is 1200. The van der Waals surface area contributed by atoms with Crippen LogP contribution in [0.5, 0.6) is 11.5 Å². The van der Waals surface area contributed by atoms with E-state index in [0.29, 0.717) is 30.6 Å². The van der Waals surface area contributed by atoms with Crippen LogP contribution in [-0.2, 0) is 22.3 Å². The smallest absolute Gasteiger partial charge is 0.343 e. The standard InChI is InChI=1S/C32H36O5/c1-2-3-4-7-23-8-14-30-25(18-23)19-26-20-28(13-15-31(26)30)37-32(33)24-9-11-27(12-10-24)35-17-6-5-16-34-21-29-22-36-29/h8-15,18,20,29H,2-7,16-17,19,21-22H2,1H3. The lowest BCUT2D eigenvalue weighted by Crippen LogP contribution is -2.08. The fourth-order valence-electron chi connectivity index (χ4n) is 4.77. The van der Waals surface area contributed by atoms with Crippen LogP contribution >= 0.6 is 0 Å². The second-order valence-corrected chi connectivity index (χ2v) is 9.94. The minimum atomic E-state index is -0.364. The first-order chi connectivity index (χ1) is 18.2. The number of esters is 1. The Morgan fingerprint density at radius 2 is 1.59 bits per heavy atom. The molecule has 5 rings (SSSR count). The molecule has 0 spiro atoms. The maximum atomic E-state index is 12.7. The Kier molecular flexibility index (Phi) is 8.54. The van der Waals surface area contributed by atoms with Crippen molar-refractivity contribution in [1.29, 1.82) is 0 Å². The average molecular weight is 501 g/mol. The largest absolute Gasteiger partial charge is 0.494 e. The van der Waals surface area contributed by atoms with E-state index < -0.39 is 0 Å². The zero-order chi connectivity index (χ0) is 25.5. The van der Waals surface area contributed by atoms with Crippen LogP contribution in [0, 0.1) is 0 Å². The zero-order valence-corrected chi connectivity index (χ0v) is 21.7. The number of carbonyl (C=O) groups excluding carboxylic acids is 1. The van der Waals surface area contributed by atoms with Crippen LogP contribution in [0.25, 0.3) is 11.1 Å². The Labute approximate surface area is 219 Å². The van der Waals surface area contributed by atoms with E-state index in [4.69, 9.17) is 18.9 Å². The third-order valence-electron chi connectivity index (χ3n) is 6.94. The number of carbonyl (C=O) groups is 1. The molecule has 5 nitrogen and oxygen atoms in total. The molecule has 37 heavy (non-hydrogen) atoms. The van der Waals surface area contributed by atoms with Gasteiger partial charge in [0.2, 0.25) is 0 Å². The van der Waals surface area contributed by atoms with E-state index in [9.17, 15) is 4.79 Å². The quantitative estimate of drug-likeness (QED) is 0.0826. The Morgan fingerprint density at radius 1 is 0.865 bits per heavy atom. The summed E-state index contributed by atoms with van der Waals surface area (Å²) in [7, 11) is 0. The van der Waals surface area contributed by atoms with E-state index in [2.05, 4.69) is 31.2 Å². The van der Waals surface area contributed by atoms with Gasteiger partial charge in [0.25, 0.3) is 0 Å². The summed E-state index contributed by atoms with van der Waals surface area (Å²) in [4.78, 5) is 12.7. The second kappa shape index (κ2) is 12.4. The summed E-state index contributed by atoms with van der Waals surface area (Å²) in [5.74, 6) is 0.959. The molecule has 1 fully saturated rings. The topological polar surface area (TPSA) is 57.3 Å². The van der Waals surface area contributed by atoms with Crippen LogP contribution in [0.1, 0.15) is 66.1 Å². The Morgan fingerprint density at radius 3 is 2.38 bits per heavy atom. The summed E-state index contributed by atoms with van der Waals surface area (Å²) >= 11 is 0. The highest BCUT2D eigenvalue weighted by atomic mass is 16.6. The number of epoxide rings is 1. The molecule has 0 aromatic heterocycles. The van der Waals surface area contributed by atoms with Crippen molar-refractivity contribution in [3.63, 3.8) is 0 Å². The van der Waals surface area contributed by atoms with Gasteiger partial charge >= 0.3 is 5.97 Å². The van der Waals surface area contributed by atoms with Crippen molar-refractivity contribution in [2.45, 2.75) is 58.0 Å². The lowest BCUT2D eigenvalue weighted by atomic mass is 10.0. The van der Waals surface area contributed by atoms with Gasteiger partial charge in [0.1, 0.15) is 17.6 Å². The molecule has 1 atom stereocenters. The minimum absolute atomic E-state index is 0.315. The number of hydrogen-bond acceptors (Lipinski definition) is 5. The molecule has 0 N–H and O–H groups in total. The van der Waals surface area contributed by atoms with Gasteiger partial charge < -0.3 is 18.9 Å². The molecule has 0 saturated carbocycles. The van der Waals surface area contributed by atoms with Gasteiger partial charge in [-0.1, -0.05) is 44.0 Å². The van der Waals surface area contributed by atoms with Crippen molar-refractivity contribution in [3.8, 4) is 22.6 Å². The summed E-state index contributed by atoms with van der Waals surface area (Å²) in [6.45, 7) is 5.10. The van der Waals surface area contributed by atoms with E-state index in [1.807, 2.05) is 24.3 Å². The fraction of sp³-hybridized carbons (Fsp3) is 0.406. The maximum absolute atomic E-state index is 12.7. The van der Waals surface area contributed by atoms with E-state index >= 15 is 0 Å². The van der Waals surface area contributed by atoms with Gasteiger partial charge in [-0.2, -0.15) is 0 Å². The molecule has 1 aliphatic carbocycles. The third-order valence-corrected chi connectivity index (χ3v) is 6.94. The molecule has 194 valence electrons. The van der Waals surface area contributed by atoms with E-state index in [1.165, 1.54) is 47.1 Å². The Balaban J connectivity index is 1.09. The van der Waals surface area contributed by atoms with Crippen molar-refractivity contribution in [3.05, 3.63) is 82.9 Å². The first-order valence-corrected chi connectivity index (χ1v) is 13.6. The maximum Gasteiger partial charge on any atom is 0.343 e. The fourth-order valence-corrected chi connectivity index (χ4v) is 4.77. The number of rotatable bonds is 14. The molecule has 2 aliphatic rings. The number of hydrogen-bond donors (Lipinski definition) is 0. The molecular weight excluding hydrogens is 464 g/mol. The molecule has 0 amide bonds. The van der Waals surface area contributed by atoms with Gasteiger partial charge in [-0.3, -0.25) is 0 Å². The minimum Gasteiger partial charge on any atom is -0.494 e. The summed E-state index contributed by atoms with van der Waals surface area (Å²) in [5.41, 5.74) is 7.02. The second-order valence-electron chi connectivity index (χ2n) is 9.94. The van der Waals surface area contributed by atoms with Gasteiger partial charge in [0, 0.05) is 6.61 Å². The summed E-state index contributed by atoms with van der Waals surface area (Å²) in [6.07, 6.45) is 7.94.